The Morgan fingerprint density at radius 3 is 2.41 bits per heavy atom. The highest BCUT2D eigenvalue weighted by molar-refractivity contribution is 7.91. The molecule has 2 saturated heterocycles. The lowest BCUT2D eigenvalue weighted by molar-refractivity contribution is -0.222. The molecular formula is C42H55F4N7O9S. The molecular weight excluding hydrogens is 855 g/mol. The standard InChI is InChI=1S/C42H55F4N7O9S/c1-24-10-6-7-11-26-21-41(26,36(56)50-63(59,60)40(23-43)14-15-40)49-33(54)31-20-28(22-52(31)35(55)32(25(2)18-24)53(38(57)58)39(3,4)42(44,45)46)62-34-29-13-12-27(61-5)19-30(29)47-37(48-34)51-16-8-9-17-51/h7,11-13,19,24-26,28,31-32H,6,8-10,14-18,20-23H2,1-5H3,(H,49,54)(H,50,56)(H,57,58)/b11-7-/t24-,25+,26+,28+,31-,32-,41+/m0/s1. The number of benzene rings is 1. The van der Waals surface area contributed by atoms with E-state index in [1.54, 1.807) is 30.4 Å². The summed E-state index contributed by atoms with van der Waals surface area (Å²) in [6.45, 7) is 4.42. The van der Waals surface area contributed by atoms with Gasteiger partial charge in [-0.2, -0.15) is 18.2 Å². The highest BCUT2D eigenvalue weighted by Crippen LogP contribution is 2.48. The summed E-state index contributed by atoms with van der Waals surface area (Å²) in [5.74, 6) is -4.12. The van der Waals surface area contributed by atoms with Crippen LogP contribution in [0.5, 0.6) is 11.6 Å². The molecule has 7 atom stereocenters. The summed E-state index contributed by atoms with van der Waals surface area (Å²) in [7, 11) is -3.02. The van der Waals surface area contributed by atoms with Crippen molar-refractivity contribution in [2.45, 2.75) is 126 Å². The van der Waals surface area contributed by atoms with Crippen molar-refractivity contribution >= 4 is 50.7 Å². The number of carbonyl (C=O) groups excluding carboxylic acids is 3. The molecule has 5 aliphatic rings. The van der Waals surface area contributed by atoms with E-state index in [1.165, 1.54) is 14.0 Å². The van der Waals surface area contributed by atoms with Crippen molar-refractivity contribution in [3.63, 3.8) is 0 Å². The molecule has 0 radical (unpaired) electrons. The molecule has 1 aromatic heterocycles. The Hall–Kier alpha value is -4.95. The van der Waals surface area contributed by atoms with Crippen LogP contribution in [0.15, 0.2) is 30.4 Å². The Kier molecular flexibility index (Phi) is 12.3. The van der Waals surface area contributed by atoms with Gasteiger partial charge in [0.05, 0.1) is 24.6 Å². The topological polar surface area (TPSA) is 201 Å². The number of hydrogen-bond donors (Lipinski definition) is 3. The minimum Gasteiger partial charge on any atom is -0.497 e. The molecule has 346 valence electrons. The summed E-state index contributed by atoms with van der Waals surface area (Å²) in [5, 5.41) is 13.7. The lowest BCUT2D eigenvalue weighted by Crippen LogP contribution is -2.66. The predicted molar refractivity (Wildman–Crippen MR) is 221 cm³/mol. The van der Waals surface area contributed by atoms with Crippen LogP contribution in [-0.4, -0.2) is 131 Å². The molecule has 0 unspecified atom stereocenters. The van der Waals surface area contributed by atoms with E-state index in [1.807, 2.05) is 16.5 Å². The number of anilines is 1. The number of carbonyl (C=O) groups is 4. The summed E-state index contributed by atoms with van der Waals surface area (Å²) in [6, 6.07) is 1.54. The largest absolute Gasteiger partial charge is 0.497 e. The number of hydrogen-bond acceptors (Lipinski definition) is 11. The Morgan fingerprint density at radius 1 is 1.10 bits per heavy atom. The zero-order valence-corrected chi connectivity index (χ0v) is 36.7. The van der Waals surface area contributed by atoms with Crippen molar-refractivity contribution in [2.75, 3.05) is 38.3 Å². The van der Waals surface area contributed by atoms with Crippen molar-refractivity contribution in [1.82, 2.24) is 29.8 Å². The molecule has 21 heteroatoms. The molecule has 1 aromatic carbocycles. The van der Waals surface area contributed by atoms with E-state index in [0.717, 1.165) is 17.7 Å². The third-order valence-electron chi connectivity index (χ3n) is 13.5. The van der Waals surface area contributed by atoms with E-state index in [4.69, 9.17) is 19.4 Å². The number of amides is 4. The van der Waals surface area contributed by atoms with Crippen LogP contribution in [0.2, 0.25) is 0 Å². The van der Waals surface area contributed by atoms with E-state index < -0.39 is 99.1 Å². The maximum absolute atomic E-state index is 15.2. The summed E-state index contributed by atoms with van der Waals surface area (Å²) < 4.78 is 97.1. The molecule has 7 rings (SSSR count). The highest BCUT2D eigenvalue weighted by Gasteiger charge is 2.64. The number of rotatable bonds is 10. The molecule has 4 heterocycles. The van der Waals surface area contributed by atoms with Crippen LogP contribution in [0.25, 0.3) is 10.9 Å². The van der Waals surface area contributed by atoms with Gasteiger partial charge >= 0.3 is 12.3 Å². The summed E-state index contributed by atoms with van der Waals surface area (Å²) in [6.07, 6.45) is -2.26. The second-order valence-electron chi connectivity index (χ2n) is 18.4. The lowest BCUT2D eigenvalue weighted by atomic mass is 9.85. The molecule has 2 aromatic rings. The molecule has 63 heavy (non-hydrogen) atoms. The number of allylic oxidation sites excluding steroid dienone is 1. The normalized spacial score (nSPS) is 29.4. The second kappa shape index (κ2) is 16.9. The predicted octanol–water partition coefficient (Wildman–Crippen LogP) is 5.11. The number of alkyl halides is 4. The average Bonchev–Trinajstić information content (AvgIpc) is 4.02. The molecule has 4 fully saturated rings. The first-order valence-corrected chi connectivity index (χ1v) is 22.8. The van der Waals surface area contributed by atoms with Crippen LogP contribution >= 0.6 is 0 Å². The molecule has 3 aliphatic heterocycles. The van der Waals surface area contributed by atoms with Crippen LogP contribution < -0.4 is 24.4 Å². The van der Waals surface area contributed by atoms with Gasteiger partial charge in [0.2, 0.25) is 33.7 Å². The van der Waals surface area contributed by atoms with Gasteiger partial charge < -0.3 is 29.7 Å². The molecule has 3 N–H and O–H groups in total. The Morgan fingerprint density at radius 2 is 1.79 bits per heavy atom. The fourth-order valence-electron chi connectivity index (χ4n) is 9.24. The first-order valence-electron chi connectivity index (χ1n) is 21.4. The fourth-order valence-corrected chi connectivity index (χ4v) is 10.7. The van der Waals surface area contributed by atoms with Crippen LogP contribution in [0, 0.1) is 17.8 Å². The number of halogens is 4. The number of sulfonamides is 1. The minimum absolute atomic E-state index is 0.000303. The molecule has 0 bridgehead atoms. The maximum Gasteiger partial charge on any atom is 0.411 e. The van der Waals surface area contributed by atoms with E-state index in [9.17, 15) is 45.5 Å². The van der Waals surface area contributed by atoms with Gasteiger partial charge in [0.1, 0.15) is 46.4 Å². The van der Waals surface area contributed by atoms with Crippen molar-refractivity contribution in [3.05, 3.63) is 30.4 Å². The van der Waals surface area contributed by atoms with Crippen LogP contribution in [0.4, 0.5) is 28.3 Å². The van der Waals surface area contributed by atoms with Gasteiger partial charge in [-0.15, -0.1) is 0 Å². The summed E-state index contributed by atoms with van der Waals surface area (Å²) in [5.41, 5.74) is -4.46. The summed E-state index contributed by atoms with van der Waals surface area (Å²) in [4.78, 5) is 69.5. The third kappa shape index (κ3) is 8.69. The zero-order chi connectivity index (χ0) is 45.9. The number of nitrogens with zero attached hydrogens (tertiary/aromatic N) is 5. The third-order valence-corrected chi connectivity index (χ3v) is 15.6. The SMILES string of the molecule is COc1ccc2c(O[C@@H]3C[C@H]4C(=O)N[C@]5(C(=O)NS(=O)(=O)C6(CF)CC6)C[C@H]5/C=C\CC[C@H](C)C[C@@H](C)[C@H](N(C(=O)O)C(C)(C)C(F)(F)F)C(=O)N4C3)nc(N3CCCC3)nc2c1. The first kappa shape index (κ1) is 46.1. The average molecular weight is 910 g/mol. The number of carboxylic acid groups (broad SMARTS) is 1. The van der Waals surface area contributed by atoms with Gasteiger partial charge in [0, 0.05) is 31.5 Å². The number of nitrogens with one attached hydrogen (secondary N) is 2. The van der Waals surface area contributed by atoms with Gasteiger partial charge in [-0.3, -0.25) is 24.0 Å². The van der Waals surface area contributed by atoms with Gasteiger partial charge in [-0.05, 0) is 89.2 Å². The molecule has 2 saturated carbocycles. The van der Waals surface area contributed by atoms with E-state index >= 15 is 4.79 Å². The monoisotopic (exact) mass is 909 g/mol. The number of methoxy groups -OCH3 is 1. The van der Waals surface area contributed by atoms with Crippen molar-refractivity contribution < 1.29 is 59.7 Å². The minimum atomic E-state index is -5.13. The van der Waals surface area contributed by atoms with E-state index in [-0.39, 0.29) is 48.8 Å². The van der Waals surface area contributed by atoms with Gasteiger partial charge in [-0.1, -0.05) is 26.0 Å². The number of aromatic nitrogens is 2. The lowest BCUT2D eigenvalue weighted by Gasteiger charge is -2.45. The van der Waals surface area contributed by atoms with Crippen molar-refractivity contribution in [3.8, 4) is 11.6 Å². The first-order chi connectivity index (χ1) is 29.6. The van der Waals surface area contributed by atoms with Gasteiger partial charge in [-0.25, -0.2) is 22.6 Å². The summed E-state index contributed by atoms with van der Waals surface area (Å²) >= 11 is 0. The Bertz CT molecular complexity index is 2270. The van der Waals surface area contributed by atoms with E-state index in [0.29, 0.717) is 62.4 Å². The fraction of sp³-hybridized carbons (Fsp3) is 0.667. The molecule has 16 nitrogen and oxygen atoms in total. The second-order valence-corrected chi connectivity index (χ2v) is 20.5. The van der Waals surface area contributed by atoms with Crippen molar-refractivity contribution in [1.29, 1.82) is 0 Å². The van der Waals surface area contributed by atoms with Crippen LogP contribution in [0.1, 0.15) is 85.5 Å². The maximum atomic E-state index is 15.2. The van der Waals surface area contributed by atoms with E-state index in [2.05, 4.69) is 5.32 Å². The Balaban J connectivity index is 1.31. The van der Waals surface area contributed by atoms with Crippen LogP contribution in [-0.2, 0) is 24.4 Å². The van der Waals surface area contributed by atoms with Crippen LogP contribution in [0.3, 0.4) is 0 Å². The molecule has 2 aliphatic carbocycles. The zero-order valence-electron chi connectivity index (χ0n) is 35.9. The molecule has 0 spiro atoms. The molecule has 4 amide bonds. The quantitative estimate of drug-likeness (QED) is 0.211. The number of ether oxygens (including phenoxy) is 2. The highest BCUT2D eigenvalue weighted by atomic mass is 32.2. The van der Waals surface area contributed by atoms with Gasteiger partial charge in [0.25, 0.3) is 5.91 Å². The van der Waals surface area contributed by atoms with Gasteiger partial charge in [0.15, 0.2) is 0 Å². The van der Waals surface area contributed by atoms with Crippen molar-refractivity contribution in [2.24, 2.45) is 17.8 Å². The Labute approximate surface area is 363 Å². The number of fused-ring (bicyclic) bond motifs is 3. The smallest absolute Gasteiger partial charge is 0.411 e.